The molecule has 1 aromatic heterocycles. The average Bonchev–Trinajstić information content (AvgIpc) is 2.59. The van der Waals surface area contributed by atoms with Gasteiger partial charge in [0.1, 0.15) is 5.76 Å². The van der Waals surface area contributed by atoms with E-state index in [-0.39, 0.29) is 0 Å². The van der Waals surface area contributed by atoms with Gasteiger partial charge < -0.3 is 14.6 Å². The van der Waals surface area contributed by atoms with Crippen molar-refractivity contribution in [2.75, 3.05) is 34.2 Å². The molecule has 14 heavy (non-hydrogen) atoms. The van der Waals surface area contributed by atoms with Crippen LogP contribution in [0.15, 0.2) is 10.6 Å². The van der Waals surface area contributed by atoms with Gasteiger partial charge in [0.15, 0.2) is 5.89 Å². The highest BCUT2D eigenvalue weighted by Crippen LogP contribution is 2.04. The van der Waals surface area contributed by atoms with Gasteiger partial charge in [0, 0.05) is 25.9 Å². The molecule has 1 aromatic rings. The Morgan fingerprint density at radius 3 is 2.86 bits per heavy atom. The van der Waals surface area contributed by atoms with E-state index in [1.165, 1.54) is 0 Å². The zero-order valence-corrected chi connectivity index (χ0v) is 9.21. The smallest absolute Gasteiger partial charge is 0.195 e. The number of nitrogens with zero attached hydrogens (tertiary/aromatic N) is 2. The first-order chi connectivity index (χ1) is 6.72. The molecule has 1 rings (SSSR count). The minimum Gasteiger partial charge on any atom is -0.446 e. The van der Waals surface area contributed by atoms with Gasteiger partial charge in [-0.05, 0) is 21.1 Å². The summed E-state index contributed by atoms with van der Waals surface area (Å²) in [6.07, 6.45) is 3.61. The zero-order valence-electron chi connectivity index (χ0n) is 9.21. The Balaban J connectivity index is 2.35. The van der Waals surface area contributed by atoms with Crippen LogP contribution in [0, 0.1) is 0 Å². The lowest BCUT2D eigenvalue weighted by Gasteiger charge is -2.05. The van der Waals surface area contributed by atoms with Gasteiger partial charge in [-0.3, -0.25) is 0 Å². The summed E-state index contributed by atoms with van der Waals surface area (Å²) in [6.45, 7) is 1.91. The minimum atomic E-state index is 0.838. The normalized spacial score (nSPS) is 11.1. The predicted octanol–water partition coefficient (Wildman–Crippen LogP) is 0.541. The second kappa shape index (κ2) is 5.78. The van der Waals surface area contributed by atoms with Crippen LogP contribution in [0.25, 0.3) is 0 Å². The fourth-order valence-electron chi connectivity index (χ4n) is 1.15. The largest absolute Gasteiger partial charge is 0.446 e. The van der Waals surface area contributed by atoms with Gasteiger partial charge in [-0.1, -0.05) is 0 Å². The molecule has 0 aliphatic rings. The van der Waals surface area contributed by atoms with Crippen LogP contribution < -0.4 is 5.32 Å². The van der Waals surface area contributed by atoms with Gasteiger partial charge in [-0.25, -0.2) is 4.98 Å². The van der Waals surface area contributed by atoms with Crippen molar-refractivity contribution >= 4 is 0 Å². The van der Waals surface area contributed by atoms with E-state index in [1.807, 2.05) is 27.3 Å². The summed E-state index contributed by atoms with van der Waals surface area (Å²) >= 11 is 0. The van der Waals surface area contributed by atoms with Crippen LogP contribution in [0.4, 0.5) is 0 Å². The molecule has 0 spiro atoms. The maximum absolute atomic E-state index is 5.56. The predicted molar refractivity (Wildman–Crippen MR) is 56.4 cm³/mol. The molecule has 0 aromatic carbocycles. The first-order valence-electron chi connectivity index (χ1n) is 4.95. The van der Waals surface area contributed by atoms with E-state index in [2.05, 4.69) is 15.2 Å². The summed E-state index contributed by atoms with van der Waals surface area (Å²) in [6, 6.07) is 0. The van der Waals surface area contributed by atoms with Crippen molar-refractivity contribution in [2.24, 2.45) is 0 Å². The van der Waals surface area contributed by atoms with E-state index < -0.39 is 0 Å². The lowest BCUT2D eigenvalue weighted by molar-refractivity contribution is 0.376. The summed E-state index contributed by atoms with van der Waals surface area (Å²) in [4.78, 5) is 6.34. The maximum atomic E-state index is 5.56. The zero-order chi connectivity index (χ0) is 10.4. The molecule has 0 unspecified atom stereocenters. The molecule has 0 atom stereocenters. The van der Waals surface area contributed by atoms with Gasteiger partial charge in [-0.2, -0.15) is 0 Å². The molecule has 0 saturated heterocycles. The molecule has 0 aliphatic heterocycles. The summed E-state index contributed by atoms with van der Waals surface area (Å²) in [5, 5.41) is 3.08. The van der Waals surface area contributed by atoms with Crippen molar-refractivity contribution in [3.63, 3.8) is 0 Å². The Morgan fingerprint density at radius 2 is 2.21 bits per heavy atom. The quantitative estimate of drug-likeness (QED) is 0.722. The molecule has 4 nitrogen and oxygen atoms in total. The van der Waals surface area contributed by atoms with Crippen molar-refractivity contribution in [3.05, 3.63) is 17.8 Å². The third kappa shape index (κ3) is 3.89. The number of rotatable bonds is 6. The standard InChI is InChI=1S/C10H19N3O/c1-11-6-4-9-8-12-10(14-9)5-7-13(2)3/h8,11H,4-7H2,1-3H3. The molecule has 80 valence electrons. The summed E-state index contributed by atoms with van der Waals surface area (Å²) in [5.74, 6) is 1.80. The van der Waals surface area contributed by atoms with Crippen molar-refractivity contribution in [1.29, 1.82) is 0 Å². The maximum Gasteiger partial charge on any atom is 0.195 e. The number of aromatic nitrogens is 1. The minimum absolute atomic E-state index is 0.838. The number of hydrogen-bond acceptors (Lipinski definition) is 4. The molecule has 4 heteroatoms. The van der Waals surface area contributed by atoms with Gasteiger partial charge in [0.25, 0.3) is 0 Å². The molecular weight excluding hydrogens is 178 g/mol. The van der Waals surface area contributed by atoms with Gasteiger partial charge in [0.2, 0.25) is 0 Å². The number of oxazole rings is 1. The topological polar surface area (TPSA) is 41.3 Å². The second-order valence-electron chi connectivity index (χ2n) is 3.63. The average molecular weight is 197 g/mol. The van der Waals surface area contributed by atoms with Crippen LogP contribution in [0.3, 0.4) is 0 Å². The summed E-state index contributed by atoms with van der Waals surface area (Å²) < 4.78 is 5.56. The molecule has 0 aliphatic carbocycles. The summed E-state index contributed by atoms with van der Waals surface area (Å²) in [7, 11) is 6.03. The van der Waals surface area contributed by atoms with Crippen molar-refractivity contribution in [3.8, 4) is 0 Å². The van der Waals surface area contributed by atoms with E-state index in [1.54, 1.807) is 0 Å². The third-order valence-corrected chi connectivity index (χ3v) is 2.00. The van der Waals surface area contributed by atoms with E-state index >= 15 is 0 Å². The monoisotopic (exact) mass is 197 g/mol. The van der Waals surface area contributed by atoms with Crippen molar-refractivity contribution < 1.29 is 4.42 Å². The molecule has 1 heterocycles. The molecular formula is C10H19N3O. The molecule has 0 amide bonds. The number of hydrogen-bond donors (Lipinski definition) is 1. The number of nitrogens with one attached hydrogen (secondary N) is 1. The highest BCUT2D eigenvalue weighted by molar-refractivity contribution is 4.95. The van der Waals surface area contributed by atoms with Crippen LogP contribution >= 0.6 is 0 Å². The Kier molecular flexibility index (Phi) is 4.62. The van der Waals surface area contributed by atoms with Gasteiger partial charge in [0.05, 0.1) is 6.20 Å². The van der Waals surface area contributed by atoms with E-state index in [4.69, 9.17) is 4.42 Å². The molecule has 0 fully saturated rings. The molecule has 0 saturated carbocycles. The lowest BCUT2D eigenvalue weighted by atomic mass is 10.3. The first kappa shape index (κ1) is 11.2. The summed E-state index contributed by atoms with van der Waals surface area (Å²) in [5.41, 5.74) is 0. The Bertz CT molecular complexity index is 258. The second-order valence-corrected chi connectivity index (χ2v) is 3.63. The highest BCUT2D eigenvalue weighted by atomic mass is 16.4. The van der Waals surface area contributed by atoms with Crippen molar-refractivity contribution in [1.82, 2.24) is 15.2 Å². The molecule has 0 radical (unpaired) electrons. The van der Waals surface area contributed by atoms with Gasteiger partial charge >= 0.3 is 0 Å². The van der Waals surface area contributed by atoms with Crippen LogP contribution in [0.2, 0.25) is 0 Å². The van der Waals surface area contributed by atoms with Crippen molar-refractivity contribution in [2.45, 2.75) is 12.8 Å². The lowest BCUT2D eigenvalue weighted by Crippen LogP contribution is -2.15. The van der Waals surface area contributed by atoms with E-state index in [0.717, 1.165) is 37.6 Å². The highest BCUT2D eigenvalue weighted by Gasteiger charge is 2.03. The number of likely N-dealkylation sites (N-methyl/N-ethyl adjacent to an activating group) is 2. The first-order valence-corrected chi connectivity index (χ1v) is 4.95. The Morgan fingerprint density at radius 1 is 1.43 bits per heavy atom. The van der Waals surface area contributed by atoms with E-state index in [9.17, 15) is 0 Å². The fourth-order valence-corrected chi connectivity index (χ4v) is 1.15. The van der Waals surface area contributed by atoms with Gasteiger partial charge in [-0.15, -0.1) is 0 Å². The molecule has 1 N–H and O–H groups in total. The Hall–Kier alpha value is -0.870. The Labute approximate surface area is 85.3 Å². The fraction of sp³-hybridized carbons (Fsp3) is 0.700. The van der Waals surface area contributed by atoms with Crippen LogP contribution in [0.5, 0.6) is 0 Å². The SMILES string of the molecule is CNCCc1cnc(CCN(C)C)o1. The molecule has 0 bridgehead atoms. The van der Waals surface area contributed by atoms with Crippen LogP contribution in [0.1, 0.15) is 11.7 Å². The van der Waals surface area contributed by atoms with E-state index in [0.29, 0.717) is 0 Å². The van der Waals surface area contributed by atoms with Crippen LogP contribution in [-0.2, 0) is 12.8 Å². The third-order valence-electron chi connectivity index (χ3n) is 2.00. The van der Waals surface area contributed by atoms with Crippen LogP contribution in [-0.4, -0.2) is 44.1 Å².